The molecule has 0 spiro atoms. The summed E-state index contributed by atoms with van der Waals surface area (Å²) in [7, 11) is 1.60. The standard InChI is InChI=1S/C12H12ClN3O/c1-7-5-11(16-12(14)15-7)9-4-3-8(17-2)6-10(9)13/h3-6H,1-2H3,(H2,14,15,16). The number of methoxy groups -OCH3 is 1. The highest BCUT2D eigenvalue weighted by Gasteiger charge is 2.08. The van der Waals surface area contributed by atoms with Crippen LogP contribution in [-0.2, 0) is 0 Å². The molecule has 0 aliphatic carbocycles. The number of rotatable bonds is 2. The highest BCUT2D eigenvalue weighted by molar-refractivity contribution is 6.33. The van der Waals surface area contributed by atoms with Crippen LogP contribution in [-0.4, -0.2) is 17.1 Å². The molecule has 0 saturated heterocycles. The number of nitrogen functional groups attached to an aromatic ring is 1. The van der Waals surface area contributed by atoms with E-state index < -0.39 is 0 Å². The van der Waals surface area contributed by atoms with Gasteiger partial charge in [0.1, 0.15) is 5.75 Å². The molecule has 0 atom stereocenters. The van der Waals surface area contributed by atoms with E-state index in [2.05, 4.69) is 9.97 Å². The number of nitrogens with two attached hydrogens (primary N) is 1. The van der Waals surface area contributed by atoms with E-state index in [0.717, 1.165) is 11.3 Å². The molecule has 0 amide bonds. The minimum atomic E-state index is 0.242. The minimum absolute atomic E-state index is 0.242. The Kier molecular flexibility index (Phi) is 3.15. The monoisotopic (exact) mass is 249 g/mol. The number of halogens is 1. The minimum Gasteiger partial charge on any atom is -0.497 e. The summed E-state index contributed by atoms with van der Waals surface area (Å²) in [5, 5.41) is 0.571. The summed E-state index contributed by atoms with van der Waals surface area (Å²) >= 11 is 6.17. The molecular weight excluding hydrogens is 238 g/mol. The summed E-state index contributed by atoms with van der Waals surface area (Å²) in [6.07, 6.45) is 0. The number of anilines is 1. The van der Waals surface area contributed by atoms with Gasteiger partial charge in [0.05, 0.1) is 17.8 Å². The van der Waals surface area contributed by atoms with Crippen molar-refractivity contribution < 1.29 is 4.74 Å². The van der Waals surface area contributed by atoms with E-state index in [-0.39, 0.29) is 5.95 Å². The lowest BCUT2D eigenvalue weighted by Crippen LogP contribution is -1.98. The molecule has 5 heteroatoms. The summed E-state index contributed by atoms with van der Waals surface area (Å²) in [5.74, 6) is 0.949. The predicted octanol–water partition coefficient (Wildman–Crippen LogP) is 2.70. The van der Waals surface area contributed by atoms with E-state index in [1.165, 1.54) is 0 Å². The van der Waals surface area contributed by atoms with Gasteiger partial charge in [-0.25, -0.2) is 9.97 Å². The Bertz CT molecular complexity index is 537. The Hall–Kier alpha value is -1.81. The van der Waals surface area contributed by atoms with Gasteiger partial charge >= 0.3 is 0 Å². The van der Waals surface area contributed by atoms with E-state index in [9.17, 15) is 0 Å². The molecule has 2 rings (SSSR count). The maximum atomic E-state index is 6.17. The fourth-order valence-corrected chi connectivity index (χ4v) is 1.83. The second-order valence-corrected chi connectivity index (χ2v) is 4.01. The van der Waals surface area contributed by atoms with E-state index in [1.54, 1.807) is 13.2 Å². The van der Waals surface area contributed by atoms with E-state index in [4.69, 9.17) is 22.1 Å². The van der Waals surface area contributed by atoms with Crippen LogP contribution >= 0.6 is 11.6 Å². The lowest BCUT2D eigenvalue weighted by molar-refractivity contribution is 0.415. The van der Waals surface area contributed by atoms with E-state index in [0.29, 0.717) is 16.5 Å². The number of nitrogens with zero attached hydrogens (tertiary/aromatic N) is 2. The van der Waals surface area contributed by atoms with Crippen molar-refractivity contribution in [1.82, 2.24) is 9.97 Å². The molecule has 0 aliphatic heterocycles. The van der Waals surface area contributed by atoms with Crippen molar-refractivity contribution in [2.75, 3.05) is 12.8 Å². The molecule has 0 bridgehead atoms. The summed E-state index contributed by atoms with van der Waals surface area (Å²) in [4.78, 5) is 8.18. The molecule has 0 unspecified atom stereocenters. The number of aromatic nitrogens is 2. The highest BCUT2D eigenvalue weighted by atomic mass is 35.5. The van der Waals surface area contributed by atoms with E-state index in [1.807, 2.05) is 25.1 Å². The third-order valence-electron chi connectivity index (χ3n) is 2.32. The summed E-state index contributed by atoms with van der Waals surface area (Å²) in [6.45, 7) is 1.86. The average Bonchev–Trinajstić information content (AvgIpc) is 2.27. The number of hydrogen-bond donors (Lipinski definition) is 1. The van der Waals surface area contributed by atoms with Crippen molar-refractivity contribution in [3.05, 3.63) is 35.0 Å². The zero-order valence-electron chi connectivity index (χ0n) is 9.57. The maximum Gasteiger partial charge on any atom is 0.220 e. The third-order valence-corrected chi connectivity index (χ3v) is 2.64. The van der Waals surface area contributed by atoms with Gasteiger partial charge in [-0.2, -0.15) is 0 Å². The molecular formula is C12H12ClN3O. The van der Waals surface area contributed by atoms with Crippen LogP contribution in [0.4, 0.5) is 5.95 Å². The summed E-state index contributed by atoms with van der Waals surface area (Å²) in [5.41, 5.74) is 7.94. The average molecular weight is 250 g/mol. The molecule has 0 saturated carbocycles. The Balaban J connectivity index is 2.52. The van der Waals surface area contributed by atoms with Crippen LogP contribution in [0.2, 0.25) is 5.02 Å². The smallest absolute Gasteiger partial charge is 0.220 e. The van der Waals surface area contributed by atoms with Crippen molar-refractivity contribution in [2.45, 2.75) is 6.92 Å². The molecule has 1 aromatic heterocycles. The molecule has 0 fully saturated rings. The normalized spacial score (nSPS) is 10.3. The van der Waals surface area contributed by atoms with E-state index >= 15 is 0 Å². The molecule has 4 nitrogen and oxygen atoms in total. The van der Waals surface area contributed by atoms with Crippen LogP contribution in [0, 0.1) is 6.92 Å². The van der Waals surface area contributed by atoms with Gasteiger partial charge in [-0.1, -0.05) is 11.6 Å². The van der Waals surface area contributed by atoms with Gasteiger partial charge in [0, 0.05) is 11.3 Å². The first-order valence-electron chi connectivity index (χ1n) is 5.05. The lowest BCUT2D eigenvalue weighted by Gasteiger charge is -2.07. The predicted molar refractivity (Wildman–Crippen MR) is 68.2 cm³/mol. The van der Waals surface area contributed by atoms with Gasteiger partial charge in [-0.3, -0.25) is 0 Å². The van der Waals surface area contributed by atoms with Crippen molar-refractivity contribution in [2.24, 2.45) is 0 Å². The molecule has 88 valence electrons. The summed E-state index contributed by atoms with van der Waals surface area (Å²) < 4.78 is 5.09. The van der Waals surface area contributed by atoms with Crippen LogP contribution in [0.15, 0.2) is 24.3 Å². The molecule has 2 aromatic rings. The number of aryl methyl sites for hydroxylation is 1. The number of benzene rings is 1. The van der Waals surface area contributed by atoms with Gasteiger partial charge in [-0.15, -0.1) is 0 Å². The van der Waals surface area contributed by atoms with Crippen molar-refractivity contribution in [1.29, 1.82) is 0 Å². The van der Waals surface area contributed by atoms with Gasteiger partial charge in [0.2, 0.25) is 5.95 Å². The first kappa shape index (κ1) is 11.7. The third kappa shape index (κ3) is 2.47. The zero-order valence-corrected chi connectivity index (χ0v) is 10.3. The number of ether oxygens (including phenoxy) is 1. The Morgan fingerprint density at radius 2 is 2.00 bits per heavy atom. The topological polar surface area (TPSA) is 61.0 Å². The zero-order chi connectivity index (χ0) is 12.4. The van der Waals surface area contributed by atoms with Crippen LogP contribution in [0.1, 0.15) is 5.69 Å². The lowest BCUT2D eigenvalue weighted by atomic mass is 10.1. The first-order chi connectivity index (χ1) is 8.10. The molecule has 2 N–H and O–H groups in total. The SMILES string of the molecule is COc1ccc(-c2cc(C)nc(N)n2)c(Cl)c1. The van der Waals surface area contributed by atoms with Crippen molar-refractivity contribution in [3.63, 3.8) is 0 Å². The fraction of sp³-hybridized carbons (Fsp3) is 0.167. The Labute approximate surface area is 104 Å². The van der Waals surface area contributed by atoms with Gasteiger partial charge < -0.3 is 10.5 Å². The summed E-state index contributed by atoms with van der Waals surface area (Å²) in [6, 6.07) is 7.26. The maximum absolute atomic E-state index is 6.17. The molecule has 0 aliphatic rings. The highest BCUT2D eigenvalue weighted by Crippen LogP contribution is 2.30. The Morgan fingerprint density at radius 3 is 2.59 bits per heavy atom. The van der Waals surface area contributed by atoms with Crippen molar-refractivity contribution >= 4 is 17.5 Å². The molecule has 1 heterocycles. The van der Waals surface area contributed by atoms with Gasteiger partial charge in [0.15, 0.2) is 0 Å². The fourth-order valence-electron chi connectivity index (χ4n) is 1.56. The second-order valence-electron chi connectivity index (χ2n) is 3.60. The Morgan fingerprint density at radius 1 is 1.24 bits per heavy atom. The second kappa shape index (κ2) is 4.59. The van der Waals surface area contributed by atoms with Crippen LogP contribution in [0.5, 0.6) is 5.75 Å². The number of hydrogen-bond acceptors (Lipinski definition) is 4. The van der Waals surface area contributed by atoms with Gasteiger partial charge in [-0.05, 0) is 31.2 Å². The largest absolute Gasteiger partial charge is 0.497 e. The molecule has 1 aromatic carbocycles. The van der Waals surface area contributed by atoms with Crippen LogP contribution < -0.4 is 10.5 Å². The van der Waals surface area contributed by atoms with Gasteiger partial charge in [0.25, 0.3) is 0 Å². The molecule has 17 heavy (non-hydrogen) atoms. The van der Waals surface area contributed by atoms with Crippen molar-refractivity contribution in [3.8, 4) is 17.0 Å². The van der Waals surface area contributed by atoms with Crippen LogP contribution in [0.3, 0.4) is 0 Å². The first-order valence-corrected chi connectivity index (χ1v) is 5.43. The molecule has 0 radical (unpaired) electrons. The quantitative estimate of drug-likeness (QED) is 0.889. The van der Waals surface area contributed by atoms with Crippen LogP contribution in [0.25, 0.3) is 11.3 Å².